The van der Waals surface area contributed by atoms with Gasteiger partial charge in [-0.25, -0.2) is 0 Å². The number of rotatable bonds is 10. The minimum Gasteiger partial charge on any atom is -0.479 e. The van der Waals surface area contributed by atoms with Crippen LogP contribution in [0.1, 0.15) is 32.6 Å². The summed E-state index contributed by atoms with van der Waals surface area (Å²) in [7, 11) is 6.60. The van der Waals surface area contributed by atoms with E-state index in [1.165, 1.54) is 31.1 Å². The van der Waals surface area contributed by atoms with Crippen molar-refractivity contribution in [3.63, 3.8) is 0 Å². The normalized spacial score (nSPS) is 11.2. The fourth-order valence-corrected chi connectivity index (χ4v) is 2.36. The van der Waals surface area contributed by atoms with Crippen LogP contribution in [0.4, 0.5) is 0 Å². The van der Waals surface area contributed by atoms with Crippen LogP contribution >= 0.6 is 24.0 Å². The lowest BCUT2D eigenvalue weighted by molar-refractivity contribution is -0.870. The second kappa shape index (κ2) is 11.3. The molecule has 0 aliphatic carbocycles. The number of esters is 1. The molecule has 0 heterocycles. The minimum absolute atomic E-state index is 0.219. The highest BCUT2D eigenvalue weighted by Crippen LogP contribution is 2.07. The highest BCUT2D eigenvalue weighted by molar-refractivity contribution is 8.23. The van der Waals surface area contributed by atoms with Crippen molar-refractivity contribution < 1.29 is 18.8 Å². The second-order valence-corrected chi connectivity index (χ2v) is 7.20. The predicted octanol–water partition coefficient (Wildman–Crippen LogP) is 2.85. The van der Waals surface area contributed by atoms with Gasteiger partial charge in [-0.3, -0.25) is 4.79 Å². The molecule has 118 valence electrons. The number of carbonyl (C=O) groups is 1. The van der Waals surface area contributed by atoms with Crippen molar-refractivity contribution in [2.45, 2.75) is 32.6 Å². The van der Waals surface area contributed by atoms with E-state index < -0.39 is 0 Å². The van der Waals surface area contributed by atoms with Crippen molar-refractivity contribution in [1.29, 1.82) is 0 Å². The van der Waals surface area contributed by atoms with Gasteiger partial charge in [0.2, 0.25) is 4.38 Å². The highest BCUT2D eigenvalue weighted by Gasteiger charge is 2.07. The van der Waals surface area contributed by atoms with Crippen LogP contribution in [0.5, 0.6) is 0 Å². The zero-order chi connectivity index (χ0) is 15.4. The van der Waals surface area contributed by atoms with Crippen LogP contribution < -0.4 is 0 Å². The highest BCUT2D eigenvalue weighted by atomic mass is 32.2. The lowest BCUT2D eigenvalue weighted by Crippen LogP contribution is -2.35. The van der Waals surface area contributed by atoms with E-state index in [2.05, 4.69) is 21.1 Å². The van der Waals surface area contributed by atoms with Gasteiger partial charge in [-0.2, -0.15) is 0 Å². The standard InChI is InChI=1S/C14H28NO3S2/c1-5-17-14(19)20-12-13(16)18-11-9-7-6-8-10-15(2,3)4/h5-12H2,1-4H3/q+1. The fraction of sp³-hybridized carbons (Fsp3) is 0.857. The molecule has 0 amide bonds. The van der Waals surface area contributed by atoms with E-state index in [1.54, 1.807) is 0 Å². The summed E-state index contributed by atoms with van der Waals surface area (Å²) in [6.07, 6.45) is 4.45. The van der Waals surface area contributed by atoms with E-state index in [1.807, 2.05) is 6.92 Å². The molecule has 6 heteroatoms. The largest absolute Gasteiger partial charge is 0.479 e. The molecule has 0 spiro atoms. The maximum atomic E-state index is 11.4. The number of thioether (sulfide) groups is 1. The number of carbonyl (C=O) groups excluding carboxylic acids is 1. The van der Waals surface area contributed by atoms with Crippen molar-refractivity contribution >= 4 is 34.3 Å². The van der Waals surface area contributed by atoms with Gasteiger partial charge in [0.15, 0.2) is 0 Å². The van der Waals surface area contributed by atoms with Crippen LogP contribution in [0.25, 0.3) is 0 Å². The van der Waals surface area contributed by atoms with E-state index in [0.29, 0.717) is 17.6 Å². The minimum atomic E-state index is -0.219. The Morgan fingerprint density at radius 2 is 1.75 bits per heavy atom. The SMILES string of the molecule is CCOC(=S)SCC(=O)OCCCCCC[N+](C)(C)C. The Bertz CT molecular complexity index is 291. The quantitative estimate of drug-likeness (QED) is 0.267. The third kappa shape index (κ3) is 14.1. The van der Waals surface area contributed by atoms with Crippen LogP contribution in [0.2, 0.25) is 0 Å². The van der Waals surface area contributed by atoms with E-state index in [4.69, 9.17) is 21.7 Å². The van der Waals surface area contributed by atoms with Crippen molar-refractivity contribution in [1.82, 2.24) is 0 Å². The number of hydrogen-bond donors (Lipinski definition) is 0. The van der Waals surface area contributed by atoms with Gasteiger partial charge in [0.05, 0.1) is 46.7 Å². The number of nitrogens with zero attached hydrogens (tertiary/aromatic N) is 1. The molecule has 0 aromatic carbocycles. The van der Waals surface area contributed by atoms with Crippen molar-refractivity contribution in [3.8, 4) is 0 Å². The first-order valence-electron chi connectivity index (χ1n) is 7.11. The molecule has 0 bridgehead atoms. The van der Waals surface area contributed by atoms with Crippen LogP contribution in [0, 0.1) is 0 Å². The van der Waals surface area contributed by atoms with E-state index in [-0.39, 0.29) is 11.7 Å². The maximum absolute atomic E-state index is 11.4. The second-order valence-electron chi connectivity index (χ2n) is 5.62. The Labute approximate surface area is 132 Å². The van der Waals surface area contributed by atoms with Crippen molar-refractivity contribution in [2.75, 3.05) is 46.7 Å². The van der Waals surface area contributed by atoms with Crippen molar-refractivity contribution in [3.05, 3.63) is 0 Å². The fourth-order valence-electron chi connectivity index (χ4n) is 1.55. The first-order chi connectivity index (χ1) is 9.35. The summed E-state index contributed by atoms with van der Waals surface area (Å²) in [6.45, 7) is 4.09. The third-order valence-electron chi connectivity index (χ3n) is 2.56. The molecule has 0 rings (SSSR count). The van der Waals surface area contributed by atoms with Crippen LogP contribution in [-0.2, 0) is 14.3 Å². The maximum Gasteiger partial charge on any atom is 0.316 e. The molecule has 0 aromatic rings. The average Bonchev–Trinajstić information content (AvgIpc) is 2.34. The molecule has 0 saturated carbocycles. The molecule has 0 fully saturated rings. The van der Waals surface area contributed by atoms with E-state index in [0.717, 1.165) is 17.3 Å². The molecule has 0 aliphatic heterocycles. The zero-order valence-corrected chi connectivity index (χ0v) is 14.8. The zero-order valence-electron chi connectivity index (χ0n) is 13.1. The van der Waals surface area contributed by atoms with Gasteiger partial charge in [-0.05, 0) is 44.8 Å². The topological polar surface area (TPSA) is 35.5 Å². The lowest BCUT2D eigenvalue weighted by atomic mass is 10.2. The number of ether oxygens (including phenoxy) is 2. The number of quaternary nitrogens is 1. The summed E-state index contributed by atoms with van der Waals surface area (Å²) in [4.78, 5) is 11.4. The van der Waals surface area contributed by atoms with Gasteiger partial charge in [-0.15, -0.1) is 0 Å². The summed E-state index contributed by atoms with van der Waals surface area (Å²) in [5, 5.41) is 0. The predicted molar refractivity (Wildman–Crippen MR) is 89.0 cm³/mol. The average molecular weight is 323 g/mol. The molecular weight excluding hydrogens is 294 g/mol. The number of thiocarbonyl (C=S) groups is 1. The molecule has 0 unspecified atom stereocenters. The Morgan fingerprint density at radius 3 is 2.35 bits per heavy atom. The number of hydrogen-bond acceptors (Lipinski definition) is 5. The molecular formula is C14H28NO3S2+. The van der Waals surface area contributed by atoms with Gasteiger partial charge >= 0.3 is 5.97 Å². The Hall–Kier alpha value is -0.330. The Balaban J connectivity index is 3.38. The van der Waals surface area contributed by atoms with Crippen LogP contribution in [0.15, 0.2) is 0 Å². The third-order valence-corrected chi connectivity index (χ3v) is 3.76. The van der Waals surface area contributed by atoms with Gasteiger partial charge in [0.25, 0.3) is 0 Å². The first-order valence-corrected chi connectivity index (χ1v) is 8.50. The molecule has 20 heavy (non-hydrogen) atoms. The first kappa shape index (κ1) is 19.7. The van der Waals surface area contributed by atoms with Crippen LogP contribution in [-0.4, -0.2) is 61.5 Å². The summed E-state index contributed by atoms with van der Waals surface area (Å²) in [6, 6.07) is 0. The van der Waals surface area contributed by atoms with Gasteiger partial charge in [-0.1, -0.05) is 11.8 Å². The summed E-state index contributed by atoms with van der Waals surface area (Å²) in [5.74, 6) is 0.0174. The Morgan fingerprint density at radius 1 is 1.10 bits per heavy atom. The molecule has 0 saturated heterocycles. The molecule has 0 aromatic heterocycles. The number of unbranched alkanes of at least 4 members (excludes halogenated alkanes) is 3. The molecule has 0 aliphatic rings. The lowest BCUT2D eigenvalue weighted by Gasteiger charge is -2.23. The smallest absolute Gasteiger partial charge is 0.316 e. The molecule has 0 N–H and O–H groups in total. The molecule has 0 radical (unpaired) electrons. The van der Waals surface area contributed by atoms with Crippen molar-refractivity contribution in [2.24, 2.45) is 0 Å². The molecule has 0 atom stereocenters. The van der Waals surface area contributed by atoms with E-state index in [9.17, 15) is 4.79 Å². The summed E-state index contributed by atoms with van der Waals surface area (Å²) < 4.78 is 11.6. The van der Waals surface area contributed by atoms with Gasteiger partial charge in [0, 0.05) is 0 Å². The molecule has 4 nitrogen and oxygen atoms in total. The van der Waals surface area contributed by atoms with Gasteiger partial charge in [0.1, 0.15) is 0 Å². The van der Waals surface area contributed by atoms with Crippen LogP contribution in [0.3, 0.4) is 0 Å². The van der Waals surface area contributed by atoms with Gasteiger partial charge < -0.3 is 14.0 Å². The Kier molecular flexibility index (Phi) is 11.2. The van der Waals surface area contributed by atoms with E-state index >= 15 is 0 Å². The monoisotopic (exact) mass is 322 g/mol. The summed E-state index contributed by atoms with van der Waals surface area (Å²) in [5.41, 5.74) is 0. The summed E-state index contributed by atoms with van der Waals surface area (Å²) >= 11 is 6.13.